The zero-order chi connectivity index (χ0) is 22.2. The molecule has 0 aromatic carbocycles. The Bertz CT molecular complexity index is 314. The van der Waals surface area contributed by atoms with Crippen molar-refractivity contribution in [3.05, 3.63) is 0 Å². The van der Waals surface area contributed by atoms with E-state index in [2.05, 4.69) is 27.7 Å². The van der Waals surface area contributed by atoms with Crippen molar-refractivity contribution < 1.29 is 9.90 Å². The minimum absolute atomic E-state index is 0.527. The first-order valence-electron chi connectivity index (χ1n) is 13.0. The predicted octanol–water partition coefficient (Wildman–Crippen LogP) is 9.42. The van der Waals surface area contributed by atoms with E-state index in [9.17, 15) is 0 Å². The second kappa shape index (κ2) is 24.2. The van der Waals surface area contributed by atoms with Crippen molar-refractivity contribution in [1.29, 1.82) is 0 Å². The Morgan fingerprint density at radius 2 is 0.793 bits per heavy atom. The van der Waals surface area contributed by atoms with Crippen LogP contribution in [0.2, 0.25) is 0 Å². The second-order valence-electron chi connectivity index (χ2n) is 8.84. The predicted molar refractivity (Wildman–Crippen MR) is 136 cm³/mol. The van der Waals surface area contributed by atoms with E-state index >= 15 is 0 Å². The number of carbonyl (C=O) groups is 1. The maximum absolute atomic E-state index is 9.00. The number of carboxylic acids is 1. The summed E-state index contributed by atoms with van der Waals surface area (Å²) in [7, 11) is -0.527. The Balaban J connectivity index is 0. The molecule has 0 amide bonds. The van der Waals surface area contributed by atoms with Gasteiger partial charge in [0.25, 0.3) is 5.97 Å². The van der Waals surface area contributed by atoms with E-state index in [4.69, 9.17) is 9.90 Å². The Morgan fingerprint density at radius 3 is 1.03 bits per heavy atom. The lowest BCUT2D eigenvalue weighted by molar-refractivity contribution is -0.134. The SMILES string of the molecule is CC(=O)O.CCCCCCCCCCCCCCCCCC[P+](CC)(CC)CC. The molecule has 0 fully saturated rings. The van der Waals surface area contributed by atoms with Crippen LogP contribution in [0.1, 0.15) is 137 Å². The molecular formula is C26H56O2P+. The van der Waals surface area contributed by atoms with Crippen molar-refractivity contribution in [2.75, 3.05) is 24.6 Å². The van der Waals surface area contributed by atoms with E-state index in [-0.39, 0.29) is 0 Å². The van der Waals surface area contributed by atoms with E-state index in [0.717, 1.165) is 6.92 Å². The molecule has 0 radical (unpaired) electrons. The summed E-state index contributed by atoms with van der Waals surface area (Å²) in [6.07, 6.45) is 29.7. The summed E-state index contributed by atoms with van der Waals surface area (Å²) in [5.74, 6) is -0.833. The van der Waals surface area contributed by atoms with Gasteiger partial charge in [-0.2, -0.15) is 0 Å². The van der Waals surface area contributed by atoms with Crippen LogP contribution < -0.4 is 0 Å². The van der Waals surface area contributed by atoms with Gasteiger partial charge in [-0.3, -0.25) is 4.79 Å². The third-order valence-electron chi connectivity index (χ3n) is 6.50. The monoisotopic (exact) mass is 431 g/mol. The molecule has 29 heavy (non-hydrogen) atoms. The summed E-state index contributed by atoms with van der Waals surface area (Å²) in [6.45, 7) is 10.7. The lowest BCUT2D eigenvalue weighted by Gasteiger charge is -2.23. The topological polar surface area (TPSA) is 37.3 Å². The Kier molecular flexibility index (Phi) is 25.9. The molecule has 0 aliphatic rings. The van der Waals surface area contributed by atoms with Gasteiger partial charge < -0.3 is 5.11 Å². The molecule has 2 nitrogen and oxygen atoms in total. The first kappa shape index (κ1) is 31.1. The van der Waals surface area contributed by atoms with Crippen molar-refractivity contribution >= 4 is 13.2 Å². The fourth-order valence-corrected chi connectivity index (χ4v) is 7.33. The molecule has 0 bridgehead atoms. The summed E-state index contributed by atoms with van der Waals surface area (Å²) in [6, 6.07) is 0. The van der Waals surface area contributed by atoms with Crippen LogP contribution in [0, 0.1) is 0 Å². The molecule has 0 rings (SSSR count). The summed E-state index contributed by atoms with van der Waals surface area (Å²) in [5, 5.41) is 7.42. The zero-order valence-corrected chi connectivity index (χ0v) is 21.8. The van der Waals surface area contributed by atoms with Gasteiger partial charge in [-0.15, -0.1) is 0 Å². The number of aliphatic carboxylic acids is 1. The highest BCUT2D eigenvalue weighted by atomic mass is 31.2. The van der Waals surface area contributed by atoms with E-state index in [1.54, 1.807) is 6.16 Å². The smallest absolute Gasteiger partial charge is 0.300 e. The minimum atomic E-state index is -0.833. The Labute approximate surface area is 185 Å². The number of rotatable bonds is 20. The fraction of sp³-hybridized carbons (Fsp3) is 0.962. The van der Waals surface area contributed by atoms with Crippen LogP contribution in [0.4, 0.5) is 0 Å². The lowest BCUT2D eigenvalue weighted by Crippen LogP contribution is -2.07. The molecule has 0 aliphatic carbocycles. The standard InChI is InChI=1S/C24H52P.C2H4O2/c1-5-9-10-11-12-13-14-15-16-17-18-19-20-21-22-23-24-25(6-2,7-3)8-4;1-2(3)4/h5-24H2,1-4H3;1H3,(H,3,4)/q+1;. The number of carboxylic acid groups (broad SMARTS) is 1. The maximum Gasteiger partial charge on any atom is 0.300 e. The normalized spacial score (nSPS) is 11.2. The quantitative estimate of drug-likeness (QED) is 0.154. The molecule has 0 atom stereocenters. The molecule has 0 aliphatic heterocycles. The van der Waals surface area contributed by atoms with Crippen LogP contribution >= 0.6 is 7.26 Å². The molecule has 1 N–H and O–H groups in total. The van der Waals surface area contributed by atoms with Gasteiger partial charge in [-0.1, -0.05) is 96.8 Å². The molecular weight excluding hydrogens is 375 g/mol. The van der Waals surface area contributed by atoms with Crippen LogP contribution in [0.5, 0.6) is 0 Å². The molecule has 0 heterocycles. The summed E-state index contributed by atoms with van der Waals surface area (Å²) >= 11 is 0. The highest BCUT2D eigenvalue weighted by Crippen LogP contribution is 2.58. The van der Waals surface area contributed by atoms with Crippen molar-refractivity contribution in [3.63, 3.8) is 0 Å². The van der Waals surface area contributed by atoms with Gasteiger partial charge in [0.2, 0.25) is 0 Å². The van der Waals surface area contributed by atoms with Gasteiger partial charge in [0, 0.05) is 14.2 Å². The molecule has 0 aromatic rings. The van der Waals surface area contributed by atoms with Crippen LogP contribution in [-0.4, -0.2) is 35.7 Å². The Morgan fingerprint density at radius 1 is 0.552 bits per heavy atom. The van der Waals surface area contributed by atoms with Crippen molar-refractivity contribution in [3.8, 4) is 0 Å². The average molecular weight is 432 g/mol. The molecule has 176 valence electrons. The summed E-state index contributed by atoms with van der Waals surface area (Å²) in [4.78, 5) is 9.00. The maximum atomic E-state index is 9.00. The number of hydrogen-bond donors (Lipinski definition) is 1. The van der Waals surface area contributed by atoms with E-state index in [1.807, 2.05) is 0 Å². The molecule has 0 saturated carbocycles. The third-order valence-corrected chi connectivity index (χ3v) is 11.8. The first-order chi connectivity index (χ1) is 14.0. The third kappa shape index (κ3) is 24.0. The van der Waals surface area contributed by atoms with Gasteiger partial charge in [0.05, 0.1) is 24.6 Å². The average Bonchev–Trinajstić information content (AvgIpc) is 2.70. The van der Waals surface area contributed by atoms with Gasteiger partial charge in [0.1, 0.15) is 0 Å². The molecule has 3 heteroatoms. The van der Waals surface area contributed by atoms with E-state index in [1.165, 1.54) is 121 Å². The van der Waals surface area contributed by atoms with Crippen LogP contribution in [0.25, 0.3) is 0 Å². The van der Waals surface area contributed by atoms with Crippen molar-refractivity contribution in [1.82, 2.24) is 0 Å². The zero-order valence-electron chi connectivity index (χ0n) is 20.9. The van der Waals surface area contributed by atoms with Crippen molar-refractivity contribution in [2.45, 2.75) is 137 Å². The lowest BCUT2D eigenvalue weighted by atomic mass is 10.0. The summed E-state index contributed by atoms with van der Waals surface area (Å²) in [5.41, 5.74) is 0. The Hall–Kier alpha value is -0.100. The molecule has 0 spiro atoms. The number of unbranched alkanes of at least 4 members (excludes halogenated alkanes) is 15. The molecule has 0 unspecified atom stereocenters. The molecule has 0 aromatic heterocycles. The highest BCUT2D eigenvalue weighted by molar-refractivity contribution is 7.75. The van der Waals surface area contributed by atoms with Crippen molar-refractivity contribution in [2.24, 2.45) is 0 Å². The van der Waals surface area contributed by atoms with Crippen LogP contribution in [0.15, 0.2) is 0 Å². The molecule has 0 saturated heterocycles. The number of hydrogen-bond acceptors (Lipinski definition) is 1. The summed E-state index contributed by atoms with van der Waals surface area (Å²) < 4.78 is 0. The van der Waals surface area contributed by atoms with E-state index in [0.29, 0.717) is 0 Å². The highest BCUT2D eigenvalue weighted by Gasteiger charge is 2.29. The van der Waals surface area contributed by atoms with Gasteiger partial charge >= 0.3 is 0 Å². The fourth-order valence-electron chi connectivity index (χ4n) is 4.14. The van der Waals surface area contributed by atoms with Crippen LogP contribution in [-0.2, 0) is 4.79 Å². The van der Waals surface area contributed by atoms with Gasteiger partial charge in [-0.25, -0.2) is 0 Å². The largest absolute Gasteiger partial charge is 0.481 e. The van der Waals surface area contributed by atoms with E-state index < -0.39 is 13.2 Å². The second-order valence-corrected chi connectivity index (χ2v) is 13.9. The minimum Gasteiger partial charge on any atom is -0.481 e. The van der Waals surface area contributed by atoms with Gasteiger partial charge in [0.15, 0.2) is 0 Å². The van der Waals surface area contributed by atoms with Crippen LogP contribution in [0.3, 0.4) is 0 Å². The first-order valence-corrected chi connectivity index (χ1v) is 15.6. The van der Waals surface area contributed by atoms with Gasteiger partial charge in [-0.05, 0) is 33.6 Å².